The SMILES string of the molecule is CCn1ncc(-c2ccnc(SCC(=O)O)n2)c1C. The molecule has 19 heavy (non-hydrogen) atoms. The number of aliphatic carboxylic acids is 1. The first-order valence-corrected chi connectivity index (χ1v) is 6.80. The molecule has 1 N–H and O–H groups in total. The van der Waals surface area contributed by atoms with Crippen molar-refractivity contribution in [3.8, 4) is 11.3 Å². The molecular formula is C12H14N4O2S. The minimum Gasteiger partial charge on any atom is -0.481 e. The molecule has 0 unspecified atom stereocenters. The van der Waals surface area contributed by atoms with Gasteiger partial charge < -0.3 is 5.11 Å². The molecule has 0 atom stereocenters. The monoisotopic (exact) mass is 278 g/mol. The number of rotatable bonds is 5. The molecule has 0 radical (unpaired) electrons. The Morgan fingerprint density at radius 1 is 1.53 bits per heavy atom. The van der Waals surface area contributed by atoms with E-state index in [-0.39, 0.29) is 5.75 Å². The van der Waals surface area contributed by atoms with E-state index in [9.17, 15) is 4.79 Å². The van der Waals surface area contributed by atoms with Crippen molar-refractivity contribution in [1.82, 2.24) is 19.7 Å². The second-order valence-corrected chi connectivity index (χ2v) is 4.81. The van der Waals surface area contributed by atoms with Crippen LogP contribution in [0, 0.1) is 6.92 Å². The molecule has 2 aromatic rings. The number of aromatic nitrogens is 4. The van der Waals surface area contributed by atoms with E-state index in [1.54, 1.807) is 18.5 Å². The van der Waals surface area contributed by atoms with Gasteiger partial charge in [0, 0.05) is 24.0 Å². The highest BCUT2D eigenvalue weighted by molar-refractivity contribution is 7.99. The quantitative estimate of drug-likeness (QED) is 0.664. The number of carbonyl (C=O) groups is 1. The molecule has 100 valence electrons. The van der Waals surface area contributed by atoms with Gasteiger partial charge in [0.2, 0.25) is 0 Å². The molecule has 7 heteroatoms. The van der Waals surface area contributed by atoms with Crippen LogP contribution in [0.3, 0.4) is 0 Å². The minimum atomic E-state index is -0.881. The molecule has 0 amide bonds. The van der Waals surface area contributed by atoms with E-state index in [1.807, 2.05) is 18.5 Å². The summed E-state index contributed by atoms with van der Waals surface area (Å²) in [5.74, 6) is -0.926. The summed E-state index contributed by atoms with van der Waals surface area (Å²) in [6.07, 6.45) is 3.40. The third-order valence-corrected chi connectivity index (χ3v) is 3.48. The van der Waals surface area contributed by atoms with Crippen molar-refractivity contribution in [3.05, 3.63) is 24.2 Å². The molecule has 0 aliphatic carbocycles. The Hall–Kier alpha value is -1.89. The Labute approximate surface area is 114 Å². The maximum Gasteiger partial charge on any atom is 0.313 e. The number of aryl methyl sites for hydroxylation is 1. The molecule has 0 saturated heterocycles. The number of carboxylic acids is 1. The van der Waals surface area contributed by atoms with Crippen molar-refractivity contribution < 1.29 is 9.90 Å². The van der Waals surface area contributed by atoms with Gasteiger partial charge in [-0.3, -0.25) is 9.48 Å². The van der Waals surface area contributed by atoms with E-state index in [0.29, 0.717) is 5.16 Å². The van der Waals surface area contributed by atoms with Crippen LogP contribution < -0.4 is 0 Å². The van der Waals surface area contributed by atoms with Crippen molar-refractivity contribution >= 4 is 17.7 Å². The van der Waals surface area contributed by atoms with E-state index in [4.69, 9.17) is 5.11 Å². The number of carboxylic acid groups (broad SMARTS) is 1. The van der Waals surface area contributed by atoms with Crippen molar-refractivity contribution in [2.75, 3.05) is 5.75 Å². The highest BCUT2D eigenvalue weighted by atomic mass is 32.2. The van der Waals surface area contributed by atoms with Gasteiger partial charge in [-0.15, -0.1) is 0 Å². The van der Waals surface area contributed by atoms with Crippen molar-refractivity contribution in [2.24, 2.45) is 0 Å². The Morgan fingerprint density at radius 2 is 2.32 bits per heavy atom. The first-order valence-electron chi connectivity index (χ1n) is 5.82. The Morgan fingerprint density at radius 3 is 2.95 bits per heavy atom. The molecule has 0 fully saturated rings. The summed E-state index contributed by atoms with van der Waals surface area (Å²) in [6.45, 7) is 4.81. The number of hydrogen-bond donors (Lipinski definition) is 1. The maximum atomic E-state index is 10.5. The van der Waals surface area contributed by atoms with E-state index in [0.717, 1.165) is 35.3 Å². The predicted octanol–water partition coefficient (Wildman–Crippen LogP) is 1.85. The van der Waals surface area contributed by atoms with Crippen LogP contribution in [-0.2, 0) is 11.3 Å². The molecule has 2 heterocycles. The summed E-state index contributed by atoms with van der Waals surface area (Å²) in [5, 5.41) is 13.4. The molecule has 2 aromatic heterocycles. The predicted molar refractivity (Wildman–Crippen MR) is 72.0 cm³/mol. The van der Waals surface area contributed by atoms with Crippen LogP contribution in [-0.4, -0.2) is 36.6 Å². The van der Waals surface area contributed by atoms with Crippen LogP contribution in [0.1, 0.15) is 12.6 Å². The van der Waals surface area contributed by atoms with Gasteiger partial charge in [-0.1, -0.05) is 11.8 Å². The second kappa shape index (κ2) is 5.83. The van der Waals surface area contributed by atoms with Crippen molar-refractivity contribution in [2.45, 2.75) is 25.5 Å². The maximum absolute atomic E-state index is 10.5. The third kappa shape index (κ3) is 3.11. The summed E-state index contributed by atoms with van der Waals surface area (Å²) in [6, 6.07) is 1.80. The molecule has 0 spiro atoms. The fraction of sp³-hybridized carbons (Fsp3) is 0.333. The summed E-state index contributed by atoms with van der Waals surface area (Å²) < 4.78 is 1.89. The van der Waals surface area contributed by atoms with Crippen LogP contribution in [0.5, 0.6) is 0 Å². The van der Waals surface area contributed by atoms with Gasteiger partial charge in [-0.25, -0.2) is 9.97 Å². The highest BCUT2D eigenvalue weighted by Gasteiger charge is 2.10. The summed E-state index contributed by atoms with van der Waals surface area (Å²) in [5.41, 5.74) is 2.75. The first kappa shape index (κ1) is 13.5. The Bertz CT molecular complexity index is 597. The second-order valence-electron chi connectivity index (χ2n) is 3.87. The lowest BCUT2D eigenvalue weighted by atomic mass is 10.2. The molecule has 0 bridgehead atoms. The van der Waals surface area contributed by atoms with Crippen LogP contribution in [0.2, 0.25) is 0 Å². The van der Waals surface area contributed by atoms with E-state index in [1.165, 1.54) is 0 Å². The van der Waals surface area contributed by atoms with E-state index in [2.05, 4.69) is 15.1 Å². The number of thioether (sulfide) groups is 1. The average molecular weight is 278 g/mol. The van der Waals surface area contributed by atoms with E-state index < -0.39 is 5.97 Å². The molecular weight excluding hydrogens is 264 g/mol. The fourth-order valence-electron chi connectivity index (χ4n) is 1.70. The standard InChI is InChI=1S/C12H14N4O2S/c1-3-16-8(2)9(6-14-16)10-4-5-13-12(15-10)19-7-11(17)18/h4-6H,3,7H2,1-2H3,(H,17,18). The Kier molecular flexibility index (Phi) is 4.16. The fourth-order valence-corrected chi connectivity index (χ4v) is 2.25. The number of nitrogens with zero attached hydrogens (tertiary/aromatic N) is 4. The molecule has 0 aliphatic rings. The molecule has 0 aliphatic heterocycles. The zero-order valence-electron chi connectivity index (χ0n) is 10.7. The van der Waals surface area contributed by atoms with Gasteiger partial charge in [-0.05, 0) is 19.9 Å². The smallest absolute Gasteiger partial charge is 0.313 e. The van der Waals surface area contributed by atoms with Crippen LogP contribution >= 0.6 is 11.8 Å². The van der Waals surface area contributed by atoms with Gasteiger partial charge in [0.15, 0.2) is 5.16 Å². The molecule has 6 nitrogen and oxygen atoms in total. The largest absolute Gasteiger partial charge is 0.481 e. The minimum absolute atomic E-state index is 0.0450. The van der Waals surface area contributed by atoms with Gasteiger partial charge in [0.05, 0.1) is 17.6 Å². The lowest BCUT2D eigenvalue weighted by Crippen LogP contribution is -2.00. The van der Waals surface area contributed by atoms with Gasteiger partial charge in [-0.2, -0.15) is 5.10 Å². The highest BCUT2D eigenvalue weighted by Crippen LogP contribution is 2.22. The van der Waals surface area contributed by atoms with Crippen LogP contribution in [0.4, 0.5) is 0 Å². The van der Waals surface area contributed by atoms with Crippen molar-refractivity contribution in [3.63, 3.8) is 0 Å². The molecule has 2 rings (SSSR count). The lowest BCUT2D eigenvalue weighted by Gasteiger charge is -2.03. The normalized spacial score (nSPS) is 10.6. The van der Waals surface area contributed by atoms with Gasteiger partial charge in [0.25, 0.3) is 0 Å². The summed E-state index contributed by atoms with van der Waals surface area (Å²) >= 11 is 1.11. The van der Waals surface area contributed by atoms with E-state index >= 15 is 0 Å². The lowest BCUT2D eigenvalue weighted by molar-refractivity contribution is -0.133. The number of hydrogen-bond acceptors (Lipinski definition) is 5. The van der Waals surface area contributed by atoms with Crippen LogP contribution in [0.25, 0.3) is 11.3 Å². The van der Waals surface area contributed by atoms with Crippen molar-refractivity contribution in [1.29, 1.82) is 0 Å². The van der Waals surface area contributed by atoms with Gasteiger partial charge >= 0.3 is 5.97 Å². The first-order chi connectivity index (χ1) is 9.11. The van der Waals surface area contributed by atoms with Gasteiger partial charge in [0.1, 0.15) is 0 Å². The van der Waals surface area contributed by atoms with Crippen LogP contribution in [0.15, 0.2) is 23.6 Å². The molecule has 0 aromatic carbocycles. The Balaban J connectivity index is 2.27. The third-order valence-electron chi connectivity index (χ3n) is 2.64. The summed E-state index contributed by atoms with van der Waals surface area (Å²) in [7, 11) is 0. The zero-order valence-corrected chi connectivity index (χ0v) is 11.5. The summed E-state index contributed by atoms with van der Waals surface area (Å²) in [4.78, 5) is 18.9. The zero-order chi connectivity index (χ0) is 13.8. The molecule has 0 saturated carbocycles. The topological polar surface area (TPSA) is 80.9 Å². The average Bonchev–Trinajstić information content (AvgIpc) is 2.78.